The van der Waals surface area contributed by atoms with E-state index in [-0.39, 0.29) is 37.5 Å². The third-order valence-corrected chi connectivity index (χ3v) is 12.0. The molecule has 0 fully saturated rings. The van der Waals surface area contributed by atoms with Crippen LogP contribution in [0, 0.1) is 0 Å². The third kappa shape index (κ3) is 53.3. The number of esters is 3. The SMILES string of the molecule is CC/C=C/C=C/C=C/C=C/C=C/CCCC(=O)OCC(COC(=O)CCCCCCCCCCC/C=C/C/C=C/C/C=C/CC)OC(=O)CCCCCCCCCCCCCCCCCCCC. The lowest BCUT2D eigenvalue weighted by molar-refractivity contribution is -0.167. The Morgan fingerprint density at radius 1 is 0.324 bits per heavy atom. The summed E-state index contributed by atoms with van der Waals surface area (Å²) in [6, 6.07) is 0. The fraction of sp³-hybridized carbons (Fsp3) is 0.694. The molecule has 1 unspecified atom stereocenters. The van der Waals surface area contributed by atoms with Crippen molar-refractivity contribution in [3.05, 3.63) is 97.2 Å². The van der Waals surface area contributed by atoms with Gasteiger partial charge in [0.15, 0.2) is 6.10 Å². The lowest BCUT2D eigenvalue weighted by Gasteiger charge is -2.18. The first kappa shape index (κ1) is 64.3. The Labute approximate surface area is 419 Å². The second-order valence-electron chi connectivity index (χ2n) is 18.6. The first-order valence-electron chi connectivity index (χ1n) is 28.3. The van der Waals surface area contributed by atoms with Gasteiger partial charge in [0.05, 0.1) is 0 Å². The summed E-state index contributed by atoms with van der Waals surface area (Å²) in [7, 11) is 0. The molecule has 0 saturated carbocycles. The van der Waals surface area contributed by atoms with Crippen LogP contribution < -0.4 is 0 Å². The van der Waals surface area contributed by atoms with Crippen LogP contribution in [0.15, 0.2) is 97.2 Å². The van der Waals surface area contributed by atoms with E-state index in [2.05, 4.69) is 63.3 Å². The standard InChI is InChI=1S/C62H104O6/c1-4-7-10-13-16-19-22-25-27-29-31-33-34-37-40-43-46-49-52-55-61(64)67-58-59(57-66-60(63)54-51-48-45-42-39-36-24-21-18-15-12-9-6-3)68-62(65)56-53-50-47-44-41-38-35-32-30-28-26-23-20-17-14-11-8-5-2/h7,9-10,12,15-16,18-19,21,24-25,27,36,39,42,45,59H,4-6,8,11,13-14,17,20,22-23,26,28-35,37-38,40-41,43-44,46-58H2,1-3H3/b10-7+,12-9+,18-15+,19-16+,24-21+,27-25+,39-36+,45-42+. The molecule has 0 aromatic heterocycles. The van der Waals surface area contributed by atoms with Crippen LogP contribution in [-0.4, -0.2) is 37.2 Å². The first-order chi connectivity index (χ1) is 33.5. The monoisotopic (exact) mass is 945 g/mol. The second kappa shape index (κ2) is 55.9. The van der Waals surface area contributed by atoms with Gasteiger partial charge in [0, 0.05) is 19.3 Å². The molecule has 0 aliphatic rings. The number of rotatable bonds is 50. The van der Waals surface area contributed by atoms with Crippen molar-refractivity contribution < 1.29 is 28.6 Å². The van der Waals surface area contributed by atoms with Crippen molar-refractivity contribution >= 4 is 17.9 Å². The van der Waals surface area contributed by atoms with Crippen molar-refractivity contribution in [2.45, 2.75) is 264 Å². The molecule has 0 aromatic rings. The topological polar surface area (TPSA) is 78.9 Å². The summed E-state index contributed by atoms with van der Waals surface area (Å²) in [5.41, 5.74) is 0. The zero-order valence-electron chi connectivity index (χ0n) is 44.3. The summed E-state index contributed by atoms with van der Waals surface area (Å²) >= 11 is 0. The van der Waals surface area contributed by atoms with Gasteiger partial charge >= 0.3 is 17.9 Å². The second-order valence-corrected chi connectivity index (χ2v) is 18.6. The summed E-state index contributed by atoms with van der Waals surface area (Å²) < 4.78 is 16.8. The molecule has 0 bridgehead atoms. The number of ether oxygens (including phenoxy) is 3. The van der Waals surface area contributed by atoms with Crippen LogP contribution in [-0.2, 0) is 28.6 Å². The zero-order chi connectivity index (χ0) is 49.3. The molecule has 1 atom stereocenters. The van der Waals surface area contributed by atoms with Gasteiger partial charge in [-0.1, -0.05) is 272 Å². The number of carbonyl (C=O) groups is 3. The van der Waals surface area contributed by atoms with Gasteiger partial charge < -0.3 is 14.2 Å². The van der Waals surface area contributed by atoms with Crippen molar-refractivity contribution in [3.63, 3.8) is 0 Å². The summed E-state index contributed by atoms with van der Waals surface area (Å²) in [6.07, 6.45) is 74.1. The van der Waals surface area contributed by atoms with Crippen LogP contribution in [0.4, 0.5) is 0 Å². The molecule has 68 heavy (non-hydrogen) atoms. The molecule has 0 radical (unpaired) electrons. The fourth-order valence-corrected chi connectivity index (χ4v) is 7.78. The summed E-state index contributed by atoms with van der Waals surface area (Å²) in [5, 5.41) is 0. The Bertz CT molecular complexity index is 1360. The zero-order valence-corrected chi connectivity index (χ0v) is 44.3. The van der Waals surface area contributed by atoms with Gasteiger partial charge in [-0.15, -0.1) is 0 Å². The molecule has 0 aromatic carbocycles. The quantitative estimate of drug-likeness (QED) is 0.0199. The van der Waals surface area contributed by atoms with Crippen LogP contribution in [0.3, 0.4) is 0 Å². The molecule has 0 heterocycles. The maximum Gasteiger partial charge on any atom is 0.306 e. The third-order valence-electron chi connectivity index (χ3n) is 12.0. The number of hydrogen-bond acceptors (Lipinski definition) is 6. The number of unbranched alkanes of at least 4 members (excludes halogenated alkanes) is 27. The molecular formula is C62H104O6. The van der Waals surface area contributed by atoms with E-state index >= 15 is 0 Å². The van der Waals surface area contributed by atoms with Gasteiger partial charge in [-0.05, 0) is 64.2 Å². The van der Waals surface area contributed by atoms with Gasteiger partial charge in [0.25, 0.3) is 0 Å². The van der Waals surface area contributed by atoms with E-state index in [0.717, 1.165) is 70.6 Å². The van der Waals surface area contributed by atoms with Gasteiger partial charge in [0.2, 0.25) is 0 Å². The summed E-state index contributed by atoms with van der Waals surface area (Å²) in [4.78, 5) is 38.1. The molecular weight excluding hydrogens is 841 g/mol. The Hall–Kier alpha value is -3.67. The fourth-order valence-electron chi connectivity index (χ4n) is 7.78. The molecule has 0 N–H and O–H groups in total. The smallest absolute Gasteiger partial charge is 0.306 e. The van der Waals surface area contributed by atoms with Crippen LogP contribution >= 0.6 is 0 Å². The van der Waals surface area contributed by atoms with E-state index in [9.17, 15) is 14.4 Å². The Balaban J connectivity index is 4.42. The average Bonchev–Trinajstić information content (AvgIpc) is 3.34. The normalized spacial score (nSPS) is 12.8. The largest absolute Gasteiger partial charge is 0.462 e. The van der Waals surface area contributed by atoms with E-state index in [4.69, 9.17) is 14.2 Å². The van der Waals surface area contributed by atoms with Crippen LogP contribution in [0.2, 0.25) is 0 Å². The predicted molar refractivity (Wildman–Crippen MR) is 293 cm³/mol. The van der Waals surface area contributed by atoms with Crippen molar-refractivity contribution in [2.24, 2.45) is 0 Å². The molecule has 0 rings (SSSR count). The summed E-state index contributed by atoms with van der Waals surface area (Å²) in [5.74, 6) is -0.978. The van der Waals surface area contributed by atoms with Gasteiger partial charge in [-0.3, -0.25) is 14.4 Å². The minimum atomic E-state index is -0.808. The highest BCUT2D eigenvalue weighted by Gasteiger charge is 2.19. The molecule has 0 aliphatic heterocycles. The Morgan fingerprint density at radius 2 is 0.662 bits per heavy atom. The molecule has 0 spiro atoms. The number of allylic oxidation sites excluding steroid dienone is 16. The van der Waals surface area contributed by atoms with Gasteiger partial charge in [-0.2, -0.15) is 0 Å². The van der Waals surface area contributed by atoms with E-state index < -0.39 is 6.10 Å². The molecule has 0 aliphatic carbocycles. The Morgan fingerprint density at radius 3 is 1.12 bits per heavy atom. The van der Waals surface area contributed by atoms with Crippen molar-refractivity contribution in [2.75, 3.05) is 13.2 Å². The maximum absolute atomic E-state index is 12.9. The Kier molecular flexibility index (Phi) is 52.9. The van der Waals surface area contributed by atoms with E-state index in [0.29, 0.717) is 19.3 Å². The van der Waals surface area contributed by atoms with Crippen molar-refractivity contribution in [3.8, 4) is 0 Å². The predicted octanol–water partition coefficient (Wildman–Crippen LogP) is 18.9. The molecule has 388 valence electrons. The highest BCUT2D eigenvalue weighted by atomic mass is 16.6. The average molecular weight is 946 g/mol. The lowest BCUT2D eigenvalue weighted by Crippen LogP contribution is -2.30. The van der Waals surface area contributed by atoms with Crippen molar-refractivity contribution in [1.82, 2.24) is 0 Å². The number of hydrogen-bond donors (Lipinski definition) is 0. The van der Waals surface area contributed by atoms with Crippen LogP contribution in [0.5, 0.6) is 0 Å². The molecule has 6 nitrogen and oxygen atoms in total. The number of carbonyl (C=O) groups excluding carboxylic acids is 3. The summed E-state index contributed by atoms with van der Waals surface area (Å²) in [6.45, 7) is 6.33. The van der Waals surface area contributed by atoms with E-state index in [1.165, 1.54) is 141 Å². The first-order valence-corrected chi connectivity index (χ1v) is 28.3. The molecule has 0 saturated heterocycles. The highest BCUT2D eigenvalue weighted by Crippen LogP contribution is 2.16. The molecule has 0 amide bonds. The van der Waals surface area contributed by atoms with E-state index in [1.54, 1.807) is 0 Å². The highest BCUT2D eigenvalue weighted by molar-refractivity contribution is 5.71. The van der Waals surface area contributed by atoms with E-state index in [1.807, 2.05) is 54.7 Å². The van der Waals surface area contributed by atoms with Gasteiger partial charge in [-0.25, -0.2) is 0 Å². The maximum atomic E-state index is 12.9. The minimum absolute atomic E-state index is 0.102. The van der Waals surface area contributed by atoms with Crippen LogP contribution in [0.25, 0.3) is 0 Å². The molecule has 6 heteroatoms. The van der Waals surface area contributed by atoms with Crippen molar-refractivity contribution in [1.29, 1.82) is 0 Å². The van der Waals surface area contributed by atoms with Gasteiger partial charge in [0.1, 0.15) is 13.2 Å². The minimum Gasteiger partial charge on any atom is -0.462 e. The lowest BCUT2D eigenvalue weighted by atomic mass is 10.0. The van der Waals surface area contributed by atoms with Crippen LogP contribution in [0.1, 0.15) is 258 Å².